The predicted molar refractivity (Wildman–Crippen MR) is 107 cm³/mol. The number of aliphatic carboxylic acids is 1. The molecule has 0 saturated heterocycles. The van der Waals surface area contributed by atoms with Gasteiger partial charge in [-0.25, -0.2) is 0 Å². The maximum Gasteiger partial charge on any atom is 0.305 e. The van der Waals surface area contributed by atoms with Crippen molar-refractivity contribution < 1.29 is 14.6 Å². The summed E-state index contributed by atoms with van der Waals surface area (Å²) >= 11 is 0. The first-order chi connectivity index (χ1) is 13.7. The zero-order chi connectivity index (χ0) is 21.6. The van der Waals surface area contributed by atoms with Crippen LogP contribution in [-0.4, -0.2) is 30.3 Å². The lowest BCUT2D eigenvalue weighted by atomic mass is 9.94. The monoisotopic (exact) mass is 388 g/mol. The van der Waals surface area contributed by atoms with E-state index in [1.165, 1.54) is 0 Å². The van der Waals surface area contributed by atoms with Crippen LogP contribution in [0.5, 0.6) is 0 Å². The summed E-state index contributed by atoms with van der Waals surface area (Å²) in [5, 5.41) is 36.5. The van der Waals surface area contributed by atoms with Gasteiger partial charge in [-0.15, -0.1) is 0 Å². The van der Waals surface area contributed by atoms with Crippen LogP contribution in [0, 0.1) is 34.0 Å². The van der Waals surface area contributed by atoms with Gasteiger partial charge in [0.05, 0.1) is 6.42 Å². The number of hydrogen-bond acceptors (Lipinski definition) is 6. The van der Waals surface area contributed by atoms with Crippen molar-refractivity contribution >= 4 is 17.7 Å². The number of nitrogens with zero attached hydrogens (tertiary/aromatic N) is 4. The van der Waals surface area contributed by atoms with Gasteiger partial charge in [-0.1, -0.05) is 24.3 Å². The second-order valence-corrected chi connectivity index (χ2v) is 6.93. The lowest BCUT2D eigenvalue weighted by molar-refractivity contribution is -0.136. The van der Waals surface area contributed by atoms with E-state index in [1.807, 2.05) is 48.4 Å². The smallest absolute Gasteiger partial charge is 0.305 e. The number of nitriles is 3. The molecular weight excluding hydrogens is 368 g/mol. The second kappa shape index (κ2) is 8.78. The third-order valence-corrected chi connectivity index (χ3v) is 4.50. The highest BCUT2D eigenvalue weighted by Gasteiger charge is 2.38. The lowest BCUT2D eigenvalue weighted by Crippen LogP contribution is -2.21. The molecule has 0 bridgehead atoms. The number of anilines is 1. The van der Waals surface area contributed by atoms with Gasteiger partial charge < -0.3 is 14.7 Å². The summed E-state index contributed by atoms with van der Waals surface area (Å²) in [4.78, 5) is 12.6. The van der Waals surface area contributed by atoms with Gasteiger partial charge in [-0.2, -0.15) is 15.8 Å². The van der Waals surface area contributed by atoms with Crippen LogP contribution in [0.1, 0.15) is 25.8 Å². The minimum absolute atomic E-state index is 0.0116. The van der Waals surface area contributed by atoms with Gasteiger partial charge in [0.2, 0.25) is 0 Å². The molecule has 7 heteroatoms. The summed E-state index contributed by atoms with van der Waals surface area (Å²) in [6.07, 6.45) is 3.63. The standard InChI is InChI=1S/C22H20N4O3/c1-22(2)19(18(14-25)21(29-22)16(12-23)13-24)9-6-15-4-7-17(8-5-15)26(3)11-10-20(27)28/h4-9H,10-11H2,1-3H3,(H,27,28)/b9-6+. The maximum absolute atomic E-state index is 10.7. The Hall–Kier alpha value is -4.02. The summed E-state index contributed by atoms with van der Waals surface area (Å²) < 4.78 is 5.73. The SMILES string of the molecule is CN(CCC(=O)O)c1ccc(/C=C/C2=C(C#N)C(=C(C#N)C#N)OC2(C)C)cc1. The highest BCUT2D eigenvalue weighted by molar-refractivity contribution is 5.68. The van der Waals surface area contributed by atoms with E-state index in [0.29, 0.717) is 12.1 Å². The van der Waals surface area contributed by atoms with Crippen molar-refractivity contribution in [2.24, 2.45) is 0 Å². The summed E-state index contributed by atoms with van der Waals surface area (Å²) in [5.74, 6) is -0.832. The number of rotatable bonds is 6. The van der Waals surface area contributed by atoms with Crippen LogP contribution in [0.2, 0.25) is 0 Å². The van der Waals surface area contributed by atoms with Crippen molar-refractivity contribution in [1.82, 2.24) is 0 Å². The molecule has 7 nitrogen and oxygen atoms in total. The van der Waals surface area contributed by atoms with E-state index < -0.39 is 11.6 Å². The summed E-state index contributed by atoms with van der Waals surface area (Å²) in [5.41, 5.74) is 1.44. The Morgan fingerprint density at radius 1 is 1.17 bits per heavy atom. The van der Waals surface area contributed by atoms with Gasteiger partial charge >= 0.3 is 5.97 Å². The summed E-state index contributed by atoms with van der Waals surface area (Å²) in [6.45, 7) is 3.94. The molecule has 1 aromatic carbocycles. The van der Waals surface area contributed by atoms with Gasteiger partial charge in [-0.05, 0) is 31.5 Å². The van der Waals surface area contributed by atoms with Crippen LogP contribution in [-0.2, 0) is 9.53 Å². The number of allylic oxidation sites excluding steroid dienone is 2. The number of carboxylic acid groups (broad SMARTS) is 1. The molecule has 1 aromatic rings. The Balaban J connectivity index is 2.30. The van der Waals surface area contributed by atoms with Crippen LogP contribution in [0.3, 0.4) is 0 Å². The number of carboxylic acids is 1. The number of benzene rings is 1. The maximum atomic E-state index is 10.7. The lowest BCUT2D eigenvalue weighted by Gasteiger charge is -2.20. The number of ether oxygens (including phenoxy) is 1. The quantitative estimate of drug-likeness (QED) is 0.740. The van der Waals surface area contributed by atoms with Crippen molar-refractivity contribution in [3.05, 3.63) is 58.4 Å². The number of hydrogen-bond donors (Lipinski definition) is 1. The molecule has 1 heterocycles. The number of carbonyl (C=O) groups is 1. The van der Waals surface area contributed by atoms with Crippen LogP contribution >= 0.6 is 0 Å². The first-order valence-electron chi connectivity index (χ1n) is 8.83. The molecule has 1 aliphatic heterocycles. The summed E-state index contributed by atoms with van der Waals surface area (Å²) in [7, 11) is 1.83. The molecule has 0 amide bonds. The minimum atomic E-state index is -0.854. The van der Waals surface area contributed by atoms with Crippen LogP contribution in [0.4, 0.5) is 5.69 Å². The molecule has 0 aromatic heterocycles. The van der Waals surface area contributed by atoms with Crippen molar-refractivity contribution in [2.75, 3.05) is 18.5 Å². The third kappa shape index (κ3) is 4.83. The van der Waals surface area contributed by atoms with Gasteiger partial charge in [0.1, 0.15) is 29.4 Å². The topological polar surface area (TPSA) is 121 Å². The van der Waals surface area contributed by atoms with E-state index in [2.05, 4.69) is 0 Å². The van der Waals surface area contributed by atoms with Gasteiger partial charge in [0, 0.05) is 24.9 Å². The van der Waals surface area contributed by atoms with E-state index in [1.54, 1.807) is 32.1 Å². The Labute approximate surface area is 169 Å². The fourth-order valence-electron chi connectivity index (χ4n) is 2.89. The fourth-order valence-corrected chi connectivity index (χ4v) is 2.89. The third-order valence-electron chi connectivity index (χ3n) is 4.50. The molecule has 0 radical (unpaired) electrons. The molecule has 1 N–H and O–H groups in total. The van der Waals surface area contributed by atoms with Crippen molar-refractivity contribution in [2.45, 2.75) is 25.9 Å². The van der Waals surface area contributed by atoms with E-state index in [9.17, 15) is 10.1 Å². The molecule has 1 aliphatic rings. The van der Waals surface area contributed by atoms with Crippen molar-refractivity contribution in [3.63, 3.8) is 0 Å². The van der Waals surface area contributed by atoms with E-state index in [-0.39, 0.29) is 23.3 Å². The molecule has 0 unspecified atom stereocenters. The van der Waals surface area contributed by atoms with Gasteiger partial charge in [0.25, 0.3) is 0 Å². The molecule has 0 aliphatic carbocycles. The fraction of sp³-hybridized carbons (Fsp3) is 0.273. The van der Waals surface area contributed by atoms with E-state index >= 15 is 0 Å². The largest absolute Gasteiger partial charge is 0.481 e. The predicted octanol–water partition coefficient (Wildman–Crippen LogP) is 3.54. The van der Waals surface area contributed by atoms with Crippen LogP contribution in [0.25, 0.3) is 6.08 Å². The average Bonchev–Trinajstić information content (AvgIpc) is 2.95. The van der Waals surface area contributed by atoms with Crippen molar-refractivity contribution in [1.29, 1.82) is 15.8 Å². The Morgan fingerprint density at radius 3 is 2.31 bits per heavy atom. The summed E-state index contributed by atoms with van der Waals surface area (Å²) in [6, 6.07) is 13.1. The molecule has 146 valence electrons. The van der Waals surface area contributed by atoms with E-state index in [0.717, 1.165) is 11.3 Å². The molecule has 0 spiro atoms. The zero-order valence-corrected chi connectivity index (χ0v) is 16.4. The second-order valence-electron chi connectivity index (χ2n) is 6.93. The van der Waals surface area contributed by atoms with Crippen LogP contribution in [0.15, 0.2) is 52.8 Å². The molecule has 0 atom stereocenters. The molecule has 29 heavy (non-hydrogen) atoms. The average molecular weight is 388 g/mol. The molecule has 2 rings (SSSR count). The molecular formula is C22H20N4O3. The first kappa shape index (κ1) is 21.3. The Bertz CT molecular complexity index is 1010. The van der Waals surface area contributed by atoms with Crippen LogP contribution < -0.4 is 4.90 Å². The van der Waals surface area contributed by atoms with Gasteiger partial charge in [-0.3, -0.25) is 4.79 Å². The normalized spacial score (nSPS) is 14.7. The highest BCUT2D eigenvalue weighted by atomic mass is 16.5. The zero-order valence-electron chi connectivity index (χ0n) is 16.4. The highest BCUT2D eigenvalue weighted by Crippen LogP contribution is 2.40. The van der Waals surface area contributed by atoms with Crippen molar-refractivity contribution in [3.8, 4) is 18.2 Å². The Morgan fingerprint density at radius 2 is 1.79 bits per heavy atom. The van der Waals surface area contributed by atoms with E-state index in [4.69, 9.17) is 20.4 Å². The van der Waals surface area contributed by atoms with Gasteiger partial charge in [0.15, 0.2) is 11.3 Å². The Kier molecular flexibility index (Phi) is 6.44. The minimum Gasteiger partial charge on any atom is -0.481 e. The molecule has 0 saturated carbocycles. The molecule has 0 fully saturated rings. The first-order valence-corrected chi connectivity index (χ1v) is 8.83.